The van der Waals surface area contributed by atoms with Gasteiger partial charge in [-0.1, -0.05) is 0 Å². The topological polar surface area (TPSA) is 88.3 Å². The number of rotatable bonds is 6. The van der Waals surface area contributed by atoms with E-state index in [0.29, 0.717) is 17.4 Å². The molecule has 8 heteroatoms. The second-order valence-electron chi connectivity index (χ2n) is 3.54. The summed E-state index contributed by atoms with van der Waals surface area (Å²) in [7, 11) is 0. The number of nitrogens with zero attached hydrogens (tertiary/aromatic N) is 2. The number of anilines is 1. The number of aliphatic hydroxyl groups is 1. The molecular formula is C8H13N3O3S2. The molecule has 0 saturated heterocycles. The van der Waals surface area contributed by atoms with Crippen LogP contribution in [0.3, 0.4) is 0 Å². The van der Waals surface area contributed by atoms with Gasteiger partial charge in [0.15, 0.2) is 5.13 Å². The van der Waals surface area contributed by atoms with Gasteiger partial charge in [0.1, 0.15) is 6.20 Å². The van der Waals surface area contributed by atoms with Gasteiger partial charge in [-0.05, 0) is 24.5 Å². The van der Waals surface area contributed by atoms with Crippen molar-refractivity contribution in [2.75, 3.05) is 23.9 Å². The molecule has 0 bridgehead atoms. The van der Waals surface area contributed by atoms with Crippen LogP contribution in [0, 0.1) is 10.1 Å². The Labute approximate surface area is 101 Å². The molecule has 0 fully saturated rings. The lowest BCUT2D eigenvalue weighted by Crippen LogP contribution is -2.35. The van der Waals surface area contributed by atoms with Gasteiger partial charge < -0.3 is 10.4 Å². The van der Waals surface area contributed by atoms with E-state index in [0.717, 1.165) is 11.3 Å². The highest BCUT2D eigenvalue weighted by Crippen LogP contribution is 2.25. The van der Waals surface area contributed by atoms with Crippen LogP contribution in [0.4, 0.5) is 10.1 Å². The normalized spacial score (nSPS) is 14.4. The third-order valence-corrected chi connectivity index (χ3v) is 3.57. The molecule has 0 aromatic carbocycles. The number of aromatic nitrogens is 1. The van der Waals surface area contributed by atoms with E-state index in [1.54, 1.807) is 6.92 Å². The van der Waals surface area contributed by atoms with Gasteiger partial charge in [-0.2, -0.15) is 11.8 Å². The Hall–Kier alpha value is -0.860. The molecular weight excluding hydrogens is 250 g/mol. The van der Waals surface area contributed by atoms with E-state index in [-0.39, 0.29) is 5.00 Å². The molecule has 0 amide bonds. The zero-order chi connectivity index (χ0) is 12.2. The minimum atomic E-state index is -0.847. The summed E-state index contributed by atoms with van der Waals surface area (Å²) >= 11 is 2.50. The molecule has 0 radical (unpaired) electrons. The standard InChI is InChI=1S/C8H13N3O3S2/c1-8(12,5-15-2)4-10-7-9-3-6(16-7)11(13)14/h3,12H,4-5H2,1-2H3,(H,9,10). The molecule has 16 heavy (non-hydrogen) atoms. The summed E-state index contributed by atoms with van der Waals surface area (Å²) in [5.41, 5.74) is -0.847. The lowest BCUT2D eigenvalue weighted by Gasteiger charge is -2.21. The maximum absolute atomic E-state index is 10.4. The molecule has 1 rings (SSSR count). The predicted octanol–water partition coefficient (Wildman–Crippen LogP) is 1.58. The van der Waals surface area contributed by atoms with E-state index in [1.165, 1.54) is 18.0 Å². The largest absolute Gasteiger partial charge is 0.387 e. The Balaban J connectivity index is 2.51. The van der Waals surface area contributed by atoms with Gasteiger partial charge in [0.05, 0.1) is 10.5 Å². The van der Waals surface area contributed by atoms with Crippen molar-refractivity contribution >= 4 is 33.2 Å². The number of hydrogen-bond acceptors (Lipinski definition) is 7. The Morgan fingerprint density at radius 1 is 1.81 bits per heavy atom. The van der Waals surface area contributed by atoms with E-state index in [1.807, 2.05) is 6.26 Å². The van der Waals surface area contributed by atoms with Crippen molar-refractivity contribution in [3.05, 3.63) is 16.3 Å². The van der Waals surface area contributed by atoms with Gasteiger partial charge in [-0.25, -0.2) is 4.98 Å². The second kappa shape index (κ2) is 5.46. The van der Waals surface area contributed by atoms with Crippen molar-refractivity contribution in [1.29, 1.82) is 0 Å². The molecule has 1 heterocycles. The molecule has 1 atom stereocenters. The van der Waals surface area contributed by atoms with Crippen molar-refractivity contribution < 1.29 is 10.0 Å². The fourth-order valence-corrected chi connectivity index (χ4v) is 2.41. The SMILES string of the molecule is CSCC(C)(O)CNc1ncc([N+](=O)[O-])s1. The van der Waals surface area contributed by atoms with Gasteiger partial charge in [0.2, 0.25) is 0 Å². The van der Waals surface area contributed by atoms with Gasteiger partial charge in [-0.3, -0.25) is 10.1 Å². The van der Waals surface area contributed by atoms with E-state index >= 15 is 0 Å². The van der Waals surface area contributed by atoms with E-state index in [9.17, 15) is 15.2 Å². The summed E-state index contributed by atoms with van der Waals surface area (Å²) in [5.74, 6) is 0.591. The first-order chi connectivity index (χ1) is 7.44. The van der Waals surface area contributed by atoms with Crippen molar-refractivity contribution in [3.8, 4) is 0 Å². The molecule has 6 nitrogen and oxygen atoms in total. The molecule has 2 N–H and O–H groups in total. The van der Waals surface area contributed by atoms with Crippen LogP contribution < -0.4 is 5.32 Å². The summed E-state index contributed by atoms with van der Waals surface area (Å²) in [6.07, 6.45) is 3.11. The van der Waals surface area contributed by atoms with Crippen LogP contribution in [0.5, 0.6) is 0 Å². The molecule has 0 aliphatic carbocycles. The summed E-state index contributed by atoms with van der Waals surface area (Å²) in [6, 6.07) is 0. The Morgan fingerprint density at radius 3 is 3.00 bits per heavy atom. The van der Waals surface area contributed by atoms with Crippen LogP contribution in [-0.4, -0.2) is 39.2 Å². The first-order valence-corrected chi connectivity index (χ1v) is 6.71. The van der Waals surface area contributed by atoms with Crippen LogP contribution in [0.2, 0.25) is 0 Å². The maximum atomic E-state index is 10.4. The monoisotopic (exact) mass is 263 g/mol. The third-order valence-electron chi connectivity index (χ3n) is 1.75. The maximum Gasteiger partial charge on any atom is 0.345 e. The highest BCUT2D eigenvalue weighted by atomic mass is 32.2. The molecule has 0 aliphatic heterocycles. The van der Waals surface area contributed by atoms with Gasteiger partial charge >= 0.3 is 5.00 Å². The Kier molecular flexibility index (Phi) is 4.51. The highest BCUT2D eigenvalue weighted by molar-refractivity contribution is 7.98. The molecule has 1 aromatic rings. The number of nitrogens with one attached hydrogen (secondary N) is 1. The molecule has 0 saturated carbocycles. The first kappa shape index (κ1) is 13.2. The van der Waals surface area contributed by atoms with Crippen LogP contribution in [0.25, 0.3) is 0 Å². The highest BCUT2D eigenvalue weighted by Gasteiger charge is 2.20. The van der Waals surface area contributed by atoms with E-state index < -0.39 is 10.5 Å². The minimum absolute atomic E-state index is 0.00740. The van der Waals surface area contributed by atoms with Crippen LogP contribution in [0.1, 0.15) is 6.92 Å². The minimum Gasteiger partial charge on any atom is -0.387 e. The average Bonchev–Trinajstić information content (AvgIpc) is 2.63. The number of thiazole rings is 1. The average molecular weight is 263 g/mol. The van der Waals surface area contributed by atoms with Crippen molar-refractivity contribution in [1.82, 2.24) is 4.98 Å². The van der Waals surface area contributed by atoms with Crippen LogP contribution >= 0.6 is 23.1 Å². The van der Waals surface area contributed by atoms with Crippen molar-refractivity contribution in [3.63, 3.8) is 0 Å². The smallest absolute Gasteiger partial charge is 0.345 e. The molecule has 0 spiro atoms. The van der Waals surface area contributed by atoms with Gasteiger partial charge in [-0.15, -0.1) is 0 Å². The van der Waals surface area contributed by atoms with Gasteiger partial charge in [0.25, 0.3) is 0 Å². The summed E-state index contributed by atoms with van der Waals surface area (Å²) < 4.78 is 0. The van der Waals surface area contributed by atoms with E-state index in [4.69, 9.17) is 0 Å². The quantitative estimate of drug-likeness (QED) is 0.598. The molecule has 90 valence electrons. The zero-order valence-corrected chi connectivity index (χ0v) is 10.6. The summed E-state index contributed by atoms with van der Waals surface area (Å²) in [4.78, 5) is 13.8. The fourth-order valence-electron chi connectivity index (χ4n) is 1.06. The second-order valence-corrected chi connectivity index (χ2v) is 5.42. The number of hydrogen-bond donors (Lipinski definition) is 2. The van der Waals surface area contributed by atoms with Crippen LogP contribution in [-0.2, 0) is 0 Å². The Bertz CT molecular complexity index is 367. The van der Waals surface area contributed by atoms with E-state index in [2.05, 4.69) is 10.3 Å². The fraction of sp³-hybridized carbons (Fsp3) is 0.625. The lowest BCUT2D eigenvalue weighted by atomic mass is 10.1. The Morgan fingerprint density at radius 2 is 2.50 bits per heavy atom. The first-order valence-electron chi connectivity index (χ1n) is 4.50. The summed E-state index contributed by atoms with van der Waals surface area (Å²) in [5, 5.41) is 23.6. The number of nitro groups is 1. The molecule has 1 aromatic heterocycles. The van der Waals surface area contributed by atoms with Crippen LogP contribution in [0.15, 0.2) is 6.20 Å². The predicted molar refractivity (Wildman–Crippen MR) is 66.3 cm³/mol. The zero-order valence-electron chi connectivity index (χ0n) is 8.97. The van der Waals surface area contributed by atoms with Crippen molar-refractivity contribution in [2.24, 2.45) is 0 Å². The molecule has 0 aliphatic rings. The van der Waals surface area contributed by atoms with Gasteiger partial charge in [0, 0.05) is 12.3 Å². The summed E-state index contributed by atoms with van der Waals surface area (Å²) in [6.45, 7) is 2.02. The number of thioether (sulfide) groups is 1. The lowest BCUT2D eigenvalue weighted by molar-refractivity contribution is -0.380. The van der Waals surface area contributed by atoms with Crippen molar-refractivity contribution in [2.45, 2.75) is 12.5 Å². The molecule has 1 unspecified atom stereocenters. The third kappa shape index (κ3) is 3.95.